The molecule has 10 heteroatoms. The summed E-state index contributed by atoms with van der Waals surface area (Å²) in [5, 5.41) is 0. The van der Waals surface area contributed by atoms with Crippen molar-refractivity contribution in [2.45, 2.75) is 12.2 Å². The number of rotatable bonds is 13. The van der Waals surface area contributed by atoms with Crippen molar-refractivity contribution in [3.8, 4) is 68.5 Å². The summed E-state index contributed by atoms with van der Waals surface area (Å²) in [4.78, 5) is 9.61. The summed E-state index contributed by atoms with van der Waals surface area (Å²) in [5.74, 6) is 5.32. The molecule has 0 amide bonds. The Labute approximate surface area is 309 Å². The highest BCUT2D eigenvalue weighted by atomic mass is 16.6. The average Bonchev–Trinajstić information content (AvgIpc) is 4.14. The Kier molecular flexibility index (Phi) is 8.16. The molecule has 2 unspecified atom stereocenters. The van der Waals surface area contributed by atoms with Gasteiger partial charge in [0.2, 0.25) is 11.8 Å². The number of hydrogen-bond donors (Lipinski definition) is 0. The minimum Gasteiger partial charge on any atom is -0.491 e. The fourth-order valence-corrected chi connectivity index (χ4v) is 6.03. The van der Waals surface area contributed by atoms with E-state index in [4.69, 9.17) is 47.2 Å². The van der Waals surface area contributed by atoms with E-state index in [-0.39, 0.29) is 12.2 Å². The molecule has 0 radical (unpaired) electrons. The van der Waals surface area contributed by atoms with Crippen molar-refractivity contribution in [3.63, 3.8) is 0 Å². The van der Waals surface area contributed by atoms with Crippen LogP contribution >= 0.6 is 0 Å². The Morgan fingerprint density at radius 3 is 1.28 bits per heavy atom. The second-order valence-corrected chi connectivity index (χ2v) is 13.1. The third-order valence-corrected chi connectivity index (χ3v) is 9.07. The fraction of sp³-hybridized carbons (Fsp3) is 0.136. The molecule has 266 valence electrons. The van der Waals surface area contributed by atoms with E-state index in [9.17, 15) is 0 Å². The lowest BCUT2D eigenvalue weighted by molar-refractivity contribution is 0.262. The van der Waals surface area contributed by atoms with Crippen LogP contribution in [0.1, 0.15) is 0 Å². The lowest BCUT2D eigenvalue weighted by Crippen LogP contribution is -2.03. The van der Waals surface area contributed by atoms with Crippen LogP contribution in [-0.4, -0.2) is 48.6 Å². The van der Waals surface area contributed by atoms with Crippen LogP contribution in [0.25, 0.3) is 56.2 Å². The Morgan fingerprint density at radius 2 is 0.852 bits per heavy atom. The van der Waals surface area contributed by atoms with Gasteiger partial charge in [-0.1, -0.05) is 24.3 Å². The standard InChI is InChI=1S/C44H32N2O8/c1-3-33(47-23-37-25-49-37)21-35(5-1)51-31-13-7-27(8-14-31)43-45-39-19-29(11-17-41(39)53-43)30-12-18-42-40(20-30)46-44(54-42)28-9-15-32(16-10-28)52-36-6-2-4-34(22-36)48-24-38-26-50-38/h1-22,37-38H,23-26H2. The number of epoxide rings is 2. The SMILES string of the molecule is c1cc(OCC2CO2)cc(Oc2ccc(-c3nc4cc(-c5ccc6oc(-c7ccc(Oc8cccc(OCC9CO9)c8)cc7)nc6c5)ccc4o3)cc2)c1. The van der Waals surface area contributed by atoms with Crippen molar-refractivity contribution in [2.24, 2.45) is 0 Å². The van der Waals surface area contributed by atoms with Gasteiger partial charge in [-0.2, -0.15) is 0 Å². The van der Waals surface area contributed by atoms with E-state index in [2.05, 4.69) is 0 Å². The van der Waals surface area contributed by atoms with Gasteiger partial charge >= 0.3 is 0 Å². The zero-order chi connectivity index (χ0) is 35.8. The van der Waals surface area contributed by atoms with Crippen LogP contribution in [0.5, 0.6) is 34.5 Å². The van der Waals surface area contributed by atoms with Crippen LogP contribution in [0.3, 0.4) is 0 Å². The zero-order valence-electron chi connectivity index (χ0n) is 28.8. The number of benzene rings is 6. The minimum absolute atomic E-state index is 0.195. The van der Waals surface area contributed by atoms with E-state index in [1.807, 2.05) is 133 Å². The first kappa shape index (κ1) is 32.1. The van der Waals surface area contributed by atoms with Gasteiger partial charge in [-0.25, -0.2) is 9.97 Å². The van der Waals surface area contributed by atoms with Crippen LogP contribution in [-0.2, 0) is 9.47 Å². The van der Waals surface area contributed by atoms with E-state index in [0.29, 0.717) is 59.2 Å². The Bertz CT molecular complexity index is 2410. The lowest BCUT2D eigenvalue weighted by atomic mass is 10.0. The molecule has 6 aromatic carbocycles. The monoisotopic (exact) mass is 716 g/mol. The number of ether oxygens (including phenoxy) is 6. The van der Waals surface area contributed by atoms with Gasteiger partial charge in [-0.05, 0) is 108 Å². The quantitative estimate of drug-likeness (QED) is 0.107. The summed E-state index contributed by atoms with van der Waals surface area (Å²) >= 11 is 0. The summed E-state index contributed by atoms with van der Waals surface area (Å²) in [6.07, 6.45) is 0.390. The van der Waals surface area contributed by atoms with Crippen molar-refractivity contribution < 1.29 is 37.3 Å². The molecule has 8 aromatic rings. The van der Waals surface area contributed by atoms with Crippen LogP contribution in [0.15, 0.2) is 142 Å². The third kappa shape index (κ3) is 7.20. The van der Waals surface area contributed by atoms with Crippen LogP contribution in [0.4, 0.5) is 0 Å². The predicted molar refractivity (Wildman–Crippen MR) is 201 cm³/mol. The summed E-state index contributed by atoms with van der Waals surface area (Å²) in [6.45, 7) is 2.60. The Hall–Kier alpha value is -6.62. The van der Waals surface area contributed by atoms with E-state index in [0.717, 1.165) is 58.0 Å². The predicted octanol–water partition coefficient (Wildman–Crippen LogP) is 10.1. The first-order valence-electron chi connectivity index (χ1n) is 17.7. The van der Waals surface area contributed by atoms with Crippen molar-refractivity contribution >= 4 is 22.2 Å². The van der Waals surface area contributed by atoms with Gasteiger partial charge in [0.15, 0.2) is 11.2 Å². The molecule has 10 nitrogen and oxygen atoms in total. The zero-order valence-corrected chi connectivity index (χ0v) is 28.8. The topological polar surface area (TPSA) is 114 Å². The molecule has 2 aliphatic rings. The maximum atomic E-state index is 6.13. The van der Waals surface area contributed by atoms with Crippen molar-refractivity contribution in [1.82, 2.24) is 9.97 Å². The summed E-state index contributed by atoms with van der Waals surface area (Å²) < 4.78 is 46.4. The van der Waals surface area contributed by atoms with Crippen LogP contribution in [0, 0.1) is 0 Å². The highest BCUT2D eigenvalue weighted by molar-refractivity contribution is 5.86. The first-order valence-corrected chi connectivity index (χ1v) is 17.7. The smallest absolute Gasteiger partial charge is 0.227 e. The van der Waals surface area contributed by atoms with Crippen LogP contribution < -0.4 is 18.9 Å². The first-order chi connectivity index (χ1) is 26.6. The molecule has 2 aromatic heterocycles. The highest BCUT2D eigenvalue weighted by Gasteiger charge is 2.24. The summed E-state index contributed by atoms with van der Waals surface area (Å²) in [7, 11) is 0. The van der Waals surface area contributed by atoms with Crippen LogP contribution in [0.2, 0.25) is 0 Å². The fourth-order valence-electron chi connectivity index (χ4n) is 6.03. The number of oxazole rings is 2. The van der Waals surface area contributed by atoms with E-state index >= 15 is 0 Å². The van der Waals surface area contributed by atoms with Gasteiger partial charge in [0.1, 0.15) is 71.0 Å². The lowest BCUT2D eigenvalue weighted by Gasteiger charge is -2.09. The maximum Gasteiger partial charge on any atom is 0.227 e. The van der Waals surface area contributed by atoms with Gasteiger partial charge < -0.3 is 37.3 Å². The molecule has 10 rings (SSSR count). The second-order valence-electron chi connectivity index (χ2n) is 13.1. The maximum absolute atomic E-state index is 6.13. The molecule has 2 atom stereocenters. The van der Waals surface area contributed by atoms with E-state index in [1.165, 1.54) is 0 Å². The van der Waals surface area contributed by atoms with Crippen molar-refractivity contribution in [2.75, 3.05) is 26.4 Å². The van der Waals surface area contributed by atoms with Gasteiger partial charge in [-0.15, -0.1) is 0 Å². The van der Waals surface area contributed by atoms with Crippen molar-refractivity contribution in [1.29, 1.82) is 0 Å². The summed E-state index contributed by atoms with van der Waals surface area (Å²) in [6, 6.07) is 42.4. The molecule has 0 aliphatic carbocycles. The molecule has 0 saturated carbocycles. The molecule has 0 N–H and O–H groups in total. The normalized spacial score (nSPS) is 16.0. The molecule has 54 heavy (non-hydrogen) atoms. The number of hydrogen-bond acceptors (Lipinski definition) is 10. The van der Waals surface area contributed by atoms with Gasteiger partial charge in [0.05, 0.1) is 13.2 Å². The number of nitrogens with zero attached hydrogens (tertiary/aromatic N) is 2. The van der Waals surface area contributed by atoms with Gasteiger partial charge in [0, 0.05) is 23.3 Å². The molecule has 2 aliphatic heterocycles. The van der Waals surface area contributed by atoms with E-state index < -0.39 is 0 Å². The Morgan fingerprint density at radius 1 is 0.444 bits per heavy atom. The molecular weight excluding hydrogens is 684 g/mol. The largest absolute Gasteiger partial charge is 0.491 e. The number of aromatic nitrogens is 2. The molecule has 2 fully saturated rings. The summed E-state index contributed by atoms with van der Waals surface area (Å²) in [5.41, 5.74) is 6.58. The van der Waals surface area contributed by atoms with Crippen molar-refractivity contribution in [3.05, 3.63) is 133 Å². The van der Waals surface area contributed by atoms with Gasteiger partial charge in [0.25, 0.3) is 0 Å². The number of fused-ring (bicyclic) bond motifs is 2. The molecule has 0 bridgehead atoms. The highest BCUT2D eigenvalue weighted by Crippen LogP contribution is 2.34. The average molecular weight is 717 g/mol. The third-order valence-electron chi connectivity index (χ3n) is 9.07. The minimum atomic E-state index is 0.195. The second kappa shape index (κ2) is 13.7. The molecule has 2 saturated heterocycles. The molecule has 0 spiro atoms. The molecule has 4 heterocycles. The van der Waals surface area contributed by atoms with Gasteiger partial charge in [-0.3, -0.25) is 0 Å². The Balaban J connectivity index is 0.812. The van der Waals surface area contributed by atoms with E-state index in [1.54, 1.807) is 0 Å². The molecular formula is C44H32N2O8.